The van der Waals surface area contributed by atoms with Gasteiger partial charge in [0.05, 0.1) is 0 Å². The Balaban J connectivity index is 2.14. The Bertz CT molecular complexity index is 373. The lowest BCUT2D eigenvalue weighted by molar-refractivity contribution is 0.202. The van der Waals surface area contributed by atoms with Gasteiger partial charge in [0, 0.05) is 18.6 Å². The molecule has 0 aromatic heterocycles. The second kappa shape index (κ2) is 5.81. The van der Waals surface area contributed by atoms with Crippen molar-refractivity contribution in [3.63, 3.8) is 0 Å². The number of nitrogens with two attached hydrogens (primary N) is 1. The quantitative estimate of drug-likeness (QED) is 0.841. The van der Waals surface area contributed by atoms with Crippen molar-refractivity contribution in [1.29, 1.82) is 0 Å². The summed E-state index contributed by atoms with van der Waals surface area (Å²) >= 11 is 0. The first kappa shape index (κ1) is 13.5. The molecule has 1 aromatic rings. The van der Waals surface area contributed by atoms with Crippen LogP contribution in [0.3, 0.4) is 0 Å². The number of likely N-dealkylation sites (N-methyl/N-ethyl adjacent to an activating group) is 1. The highest BCUT2D eigenvalue weighted by atomic mass is 19.1. The van der Waals surface area contributed by atoms with Crippen molar-refractivity contribution < 1.29 is 4.39 Å². The zero-order valence-corrected chi connectivity index (χ0v) is 11.3. The van der Waals surface area contributed by atoms with Crippen LogP contribution in [0.2, 0.25) is 0 Å². The zero-order chi connectivity index (χ0) is 13.1. The van der Waals surface area contributed by atoms with Gasteiger partial charge in [0.15, 0.2) is 0 Å². The molecule has 0 amide bonds. The first-order valence-electron chi connectivity index (χ1n) is 6.83. The predicted molar refractivity (Wildman–Crippen MR) is 72.8 cm³/mol. The fourth-order valence-electron chi connectivity index (χ4n) is 2.53. The molecule has 2 rings (SSSR count). The predicted octanol–water partition coefficient (Wildman–Crippen LogP) is 2.95. The molecule has 2 N–H and O–H groups in total. The van der Waals surface area contributed by atoms with Gasteiger partial charge < -0.3 is 5.73 Å². The van der Waals surface area contributed by atoms with E-state index in [0.29, 0.717) is 0 Å². The standard InChI is InChI=1S/C15H23FN2/c1-3-14(17)15(18(2)10-11-4-5-11)12-6-8-13(16)9-7-12/h6-9,11,14-15H,3-5,10,17H2,1-2H3. The summed E-state index contributed by atoms with van der Waals surface area (Å²) in [5.41, 5.74) is 7.37. The molecule has 1 aliphatic rings. The van der Waals surface area contributed by atoms with E-state index in [9.17, 15) is 4.39 Å². The Morgan fingerprint density at radius 1 is 1.33 bits per heavy atom. The lowest BCUT2D eigenvalue weighted by Crippen LogP contribution is -2.39. The van der Waals surface area contributed by atoms with Crippen molar-refractivity contribution in [3.8, 4) is 0 Å². The van der Waals surface area contributed by atoms with Gasteiger partial charge in [0.2, 0.25) is 0 Å². The maximum atomic E-state index is 13.0. The molecular weight excluding hydrogens is 227 g/mol. The Labute approximate surface area is 109 Å². The molecule has 0 radical (unpaired) electrons. The van der Waals surface area contributed by atoms with E-state index in [2.05, 4.69) is 18.9 Å². The van der Waals surface area contributed by atoms with Crippen LogP contribution in [-0.4, -0.2) is 24.5 Å². The zero-order valence-electron chi connectivity index (χ0n) is 11.3. The molecule has 100 valence electrons. The molecule has 1 fully saturated rings. The topological polar surface area (TPSA) is 29.3 Å². The van der Waals surface area contributed by atoms with E-state index in [0.717, 1.165) is 24.4 Å². The van der Waals surface area contributed by atoms with Crippen molar-refractivity contribution in [2.45, 2.75) is 38.3 Å². The summed E-state index contributed by atoms with van der Waals surface area (Å²) in [4.78, 5) is 2.33. The molecule has 0 spiro atoms. The van der Waals surface area contributed by atoms with Gasteiger partial charge in [0.25, 0.3) is 0 Å². The molecule has 0 saturated heterocycles. The van der Waals surface area contributed by atoms with Crippen LogP contribution in [0.1, 0.15) is 37.8 Å². The number of hydrogen-bond acceptors (Lipinski definition) is 2. The van der Waals surface area contributed by atoms with Gasteiger partial charge in [-0.1, -0.05) is 19.1 Å². The monoisotopic (exact) mass is 250 g/mol. The maximum Gasteiger partial charge on any atom is 0.123 e. The van der Waals surface area contributed by atoms with E-state index >= 15 is 0 Å². The van der Waals surface area contributed by atoms with Gasteiger partial charge in [-0.2, -0.15) is 0 Å². The molecule has 1 aromatic carbocycles. The molecule has 1 saturated carbocycles. The van der Waals surface area contributed by atoms with Crippen LogP contribution in [0, 0.1) is 11.7 Å². The minimum absolute atomic E-state index is 0.0965. The van der Waals surface area contributed by atoms with Crippen LogP contribution >= 0.6 is 0 Å². The summed E-state index contributed by atoms with van der Waals surface area (Å²) in [5, 5.41) is 0. The maximum absolute atomic E-state index is 13.0. The van der Waals surface area contributed by atoms with Gasteiger partial charge in [0.1, 0.15) is 5.82 Å². The minimum Gasteiger partial charge on any atom is -0.326 e. The summed E-state index contributed by atoms with van der Waals surface area (Å²) in [6.07, 6.45) is 3.60. The molecule has 2 unspecified atom stereocenters. The normalized spacial score (nSPS) is 18.9. The Hall–Kier alpha value is -0.930. The third-order valence-electron chi connectivity index (χ3n) is 3.81. The van der Waals surface area contributed by atoms with E-state index in [4.69, 9.17) is 5.73 Å². The number of benzene rings is 1. The highest BCUT2D eigenvalue weighted by Gasteiger charge is 2.29. The summed E-state index contributed by atoms with van der Waals surface area (Å²) in [6, 6.07) is 7.05. The Kier molecular flexibility index (Phi) is 4.36. The van der Waals surface area contributed by atoms with Gasteiger partial charge in [-0.3, -0.25) is 4.90 Å². The molecule has 2 atom stereocenters. The Morgan fingerprint density at radius 2 is 1.94 bits per heavy atom. The van der Waals surface area contributed by atoms with Crippen molar-refractivity contribution in [1.82, 2.24) is 4.90 Å². The van der Waals surface area contributed by atoms with Crippen LogP contribution in [0.5, 0.6) is 0 Å². The third kappa shape index (κ3) is 3.30. The smallest absolute Gasteiger partial charge is 0.123 e. The summed E-state index contributed by atoms with van der Waals surface area (Å²) in [5.74, 6) is 0.648. The van der Waals surface area contributed by atoms with Crippen LogP contribution < -0.4 is 5.73 Å². The van der Waals surface area contributed by atoms with Gasteiger partial charge in [-0.05, 0) is 49.9 Å². The van der Waals surface area contributed by atoms with Crippen LogP contribution in [0.15, 0.2) is 24.3 Å². The average Bonchev–Trinajstić information content (AvgIpc) is 3.15. The Morgan fingerprint density at radius 3 is 2.44 bits per heavy atom. The molecule has 2 nitrogen and oxygen atoms in total. The van der Waals surface area contributed by atoms with Crippen LogP contribution in [0.25, 0.3) is 0 Å². The van der Waals surface area contributed by atoms with Gasteiger partial charge >= 0.3 is 0 Å². The molecule has 1 aliphatic carbocycles. The van der Waals surface area contributed by atoms with Crippen LogP contribution in [-0.2, 0) is 0 Å². The minimum atomic E-state index is -0.188. The molecular formula is C15H23FN2. The number of rotatable bonds is 6. The van der Waals surface area contributed by atoms with Crippen molar-refractivity contribution in [2.75, 3.05) is 13.6 Å². The number of nitrogens with zero attached hydrogens (tertiary/aromatic N) is 1. The van der Waals surface area contributed by atoms with Crippen molar-refractivity contribution in [2.24, 2.45) is 11.7 Å². The highest BCUT2D eigenvalue weighted by Crippen LogP contribution is 2.33. The second-order valence-electron chi connectivity index (χ2n) is 5.45. The molecule has 0 bridgehead atoms. The SMILES string of the molecule is CCC(N)C(c1ccc(F)cc1)N(C)CC1CC1. The van der Waals surface area contributed by atoms with Gasteiger partial charge in [-0.25, -0.2) is 4.39 Å². The lowest BCUT2D eigenvalue weighted by atomic mass is 9.96. The number of hydrogen-bond donors (Lipinski definition) is 1. The van der Waals surface area contributed by atoms with Crippen molar-refractivity contribution in [3.05, 3.63) is 35.6 Å². The van der Waals surface area contributed by atoms with E-state index in [1.807, 2.05) is 12.1 Å². The largest absolute Gasteiger partial charge is 0.326 e. The fraction of sp³-hybridized carbons (Fsp3) is 0.600. The summed E-state index contributed by atoms with van der Waals surface area (Å²) in [7, 11) is 2.13. The van der Waals surface area contributed by atoms with Crippen LogP contribution in [0.4, 0.5) is 4.39 Å². The number of halogens is 1. The van der Waals surface area contributed by atoms with Crippen molar-refractivity contribution >= 4 is 0 Å². The van der Waals surface area contributed by atoms with E-state index < -0.39 is 0 Å². The third-order valence-corrected chi connectivity index (χ3v) is 3.81. The van der Waals surface area contributed by atoms with E-state index in [1.165, 1.54) is 25.0 Å². The molecule has 3 heteroatoms. The highest BCUT2D eigenvalue weighted by molar-refractivity contribution is 5.21. The summed E-state index contributed by atoms with van der Waals surface area (Å²) < 4.78 is 13.0. The fourth-order valence-corrected chi connectivity index (χ4v) is 2.53. The first-order valence-corrected chi connectivity index (χ1v) is 6.83. The first-order chi connectivity index (χ1) is 8.61. The second-order valence-corrected chi connectivity index (χ2v) is 5.45. The summed E-state index contributed by atoms with van der Waals surface area (Å²) in [6.45, 7) is 3.20. The lowest BCUT2D eigenvalue weighted by Gasteiger charge is -2.33. The van der Waals surface area contributed by atoms with E-state index in [1.54, 1.807) is 0 Å². The van der Waals surface area contributed by atoms with Gasteiger partial charge in [-0.15, -0.1) is 0 Å². The average molecular weight is 250 g/mol. The van der Waals surface area contributed by atoms with E-state index in [-0.39, 0.29) is 17.9 Å². The molecule has 0 aliphatic heterocycles. The molecule has 18 heavy (non-hydrogen) atoms. The molecule has 0 heterocycles.